The molecule has 8 heteroatoms. The van der Waals surface area contributed by atoms with Crippen molar-refractivity contribution in [1.82, 2.24) is 0 Å². The summed E-state index contributed by atoms with van der Waals surface area (Å²) >= 11 is 0. The van der Waals surface area contributed by atoms with Gasteiger partial charge in [-0.3, -0.25) is 15.1 Å². The molecule has 1 heterocycles. The minimum atomic E-state index is -4.60. The molecule has 20 heavy (non-hydrogen) atoms. The van der Waals surface area contributed by atoms with Crippen molar-refractivity contribution in [3.63, 3.8) is 0 Å². The Bertz CT molecular complexity index is 668. The molecule has 1 aromatic carbocycles. The van der Waals surface area contributed by atoms with Crippen LogP contribution in [0.1, 0.15) is 12.0 Å². The third-order valence-electron chi connectivity index (χ3n) is 3.07. The molecule has 0 saturated carbocycles. The van der Waals surface area contributed by atoms with Crippen LogP contribution >= 0.6 is 0 Å². The van der Waals surface area contributed by atoms with Crippen molar-refractivity contribution < 1.29 is 17.2 Å². The van der Waals surface area contributed by atoms with Crippen LogP contribution in [0.15, 0.2) is 41.4 Å². The fourth-order valence-electron chi connectivity index (χ4n) is 2.03. The fraction of sp³-hybridized carbons (Fsp3) is 0.250. The molecule has 0 aromatic heterocycles. The Hall–Kier alpha value is -2.09. The molecule has 1 aromatic rings. The van der Waals surface area contributed by atoms with E-state index in [0.29, 0.717) is 5.56 Å². The Kier molecular flexibility index (Phi) is 3.67. The molecular weight excluding hydrogens is 287 g/mol. The Morgan fingerprint density at radius 1 is 1.30 bits per heavy atom. The number of hydrogen-bond donors (Lipinski definition) is 0. The monoisotopic (exact) mass is 298 g/mol. The fourth-order valence-corrected chi connectivity index (χ4v) is 2.59. The predicted octanol–water partition coefficient (Wildman–Crippen LogP) is 2.12. The van der Waals surface area contributed by atoms with Gasteiger partial charge in [-0.2, -0.15) is 8.42 Å². The van der Waals surface area contributed by atoms with E-state index in [-0.39, 0.29) is 12.1 Å². The SMILES string of the molecule is O=[N+]([O-])c1ccc(C2(CCS(=O)(=O)F)C=CC=N2)cc1. The minimum Gasteiger partial charge on any atom is -0.278 e. The lowest BCUT2D eigenvalue weighted by atomic mass is 9.88. The number of allylic oxidation sites excluding steroid dienone is 1. The van der Waals surface area contributed by atoms with E-state index >= 15 is 0 Å². The molecule has 0 spiro atoms. The van der Waals surface area contributed by atoms with Gasteiger partial charge in [0.1, 0.15) is 5.54 Å². The summed E-state index contributed by atoms with van der Waals surface area (Å²) in [7, 11) is -4.60. The highest BCUT2D eigenvalue weighted by Gasteiger charge is 2.32. The van der Waals surface area contributed by atoms with Gasteiger partial charge in [0.05, 0.1) is 10.7 Å². The normalized spacial score (nSPS) is 21.2. The van der Waals surface area contributed by atoms with E-state index in [1.54, 1.807) is 12.2 Å². The zero-order valence-corrected chi connectivity index (χ0v) is 11.1. The topological polar surface area (TPSA) is 89.6 Å². The van der Waals surface area contributed by atoms with Gasteiger partial charge in [-0.15, -0.1) is 3.89 Å². The van der Waals surface area contributed by atoms with E-state index in [4.69, 9.17) is 0 Å². The molecule has 1 atom stereocenters. The Balaban J connectivity index is 2.31. The second-order valence-electron chi connectivity index (χ2n) is 4.36. The van der Waals surface area contributed by atoms with Gasteiger partial charge >= 0.3 is 10.2 Å². The molecule has 1 aliphatic rings. The number of non-ortho nitro benzene ring substituents is 1. The molecule has 106 valence electrons. The van der Waals surface area contributed by atoms with Crippen molar-refractivity contribution in [2.75, 3.05) is 5.75 Å². The van der Waals surface area contributed by atoms with Crippen LogP contribution in [-0.4, -0.2) is 25.3 Å². The molecular formula is C12H11FN2O4S. The summed E-state index contributed by atoms with van der Waals surface area (Å²) in [5.41, 5.74) is -0.474. The predicted molar refractivity (Wildman–Crippen MR) is 71.9 cm³/mol. The lowest BCUT2D eigenvalue weighted by molar-refractivity contribution is -0.384. The molecule has 0 saturated heterocycles. The maximum absolute atomic E-state index is 12.7. The molecule has 0 bridgehead atoms. The van der Waals surface area contributed by atoms with Gasteiger partial charge in [-0.25, -0.2) is 0 Å². The second-order valence-corrected chi connectivity index (χ2v) is 5.84. The molecule has 0 fully saturated rings. The average Bonchev–Trinajstić information content (AvgIpc) is 2.86. The van der Waals surface area contributed by atoms with Gasteiger partial charge in [0.2, 0.25) is 0 Å². The summed E-state index contributed by atoms with van der Waals surface area (Å²) < 4.78 is 34.1. The number of nitro benzene ring substituents is 1. The molecule has 1 unspecified atom stereocenters. The zero-order chi connectivity index (χ0) is 14.8. The van der Waals surface area contributed by atoms with E-state index in [1.165, 1.54) is 30.5 Å². The van der Waals surface area contributed by atoms with E-state index in [2.05, 4.69) is 4.99 Å². The minimum absolute atomic E-state index is 0.0589. The molecule has 0 radical (unpaired) electrons. The number of rotatable bonds is 5. The standard InChI is InChI=1S/C12H11FN2O4S/c13-20(18,19)9-7-12(6-1-8-14-12)10-2-4-11(5-3-10)15(16)17/h1-6,8H,7,9H2. The van der Waals surface area contributed by atoms with Crippen LogP contribution in [0.25, 0.3) is 0 Å². The first-order chi connectivity index (χ1) is 9.32. The number of nitrogens with zero attached hydrogens (tertiary/aromatic N) is 2. The first-order valence-electron chi connectivity index (χ1n) is 5.73. The number of aliphatic imine (C=N–C) groups is 1. The van der Waals surface area contributed by atoms with Gasteiger partial charge in [-0.1, -0.05) is 6.08 Å². The van der Waals surface area contributed by atoms with Crippen molar-refractivity contribution in [3.05, 3.63) is 52.1 Å². The zero-order valence-electron chi connectivity index (χ0n) is 10.3. The van der Waals surface area contributed by atoms with Crippen LogP contribution in [-0.2, 0) is 15.8 Å². The number of halogens is 1. The van der Waals surface area contributed by atoms with Gasteiger partial charge in [0.15, 0.2) is 0 Å². The maximum atomic E-state index is 12.7. The number of benzene rings is 1. The largest absolute Gasteiger partial charge is 0.302 e. The van der Waals surface area contributed by atoms with E-state index in [1.807, 2.05) is 0 Å². The van der Waals surface area contributed by atoms with Crippen LogP contribution in [0.2, 0.25) is 0 Å². The smallest absolute Gasteiger partial charge is 0.278 e. The van der Waals surface area contributed by atoms with Crippen molar-refractivity contribution in [2.45, 2.75) is 12.0 Å². The van der Waals surface area contributed by atoms with Crippen molar-refractivity contribution in [3.8, 4) is 0 Å². The molecule has 2 rings (SSSR count). The van der Waals surface area contributed by atoms with Crippen LogP contribution in [0.4, 0.5) is 9.57 Å². The van der Waals surface area contributed by atoms with Crippen molar-refractivity contribution in [1.29, 1.82) is 0 Å². The molecule has 6 nitrogen and oxygen atoms in total. The maximum Gasteiger partial charge on any atom is 0.302 e. The Labute approximate surface area is 115 Å². The quantitative estimate of drug-likeness (QED) is 0.473. The van der Waals surface area contributed by atoms with Gasteiger partial charge in [0.25, 0.3) is 5.69 Å². The number of hydrogen-bond acceptors (Lipinski definition) is 5. The van der Waals surface area contributed by atoms with Crippen LogP contribution in [0.5, 0.6) is 0 Å². The van der Waals surface area contributed by atoms with Gasteiger partial charge in [0, 0.05) is 18.3 Å². The molecule has 0 N–H and O–H groups in total. The second kappa shape index (κ2) is 5.12. The Morgan fingerprint density at radius 2 is 1.95 bits per heavy atom. The third-order valence-corrected chi connectivity index (χ3v) is 3.76. The summed E-state index contributed by atoms with van der Waals surface area (Å²) in [5.74, 6) is -0.661. The first-order valence-corrected chi connectivity index (χ1v) is 7.28. The lowest BCUT2D eigenvalue weighted by Gasteiger charge is -2.24. The highest BCUT2D eigenvalue weighted by molar-refractivity contribution is 7.86. The highest BCUT2D eigenvalue weighted by Crippen LogP contribution is 2.35. The third kappa shape index (κ3) is 3.08. The molecule has 1 aliphatic heterocycles. The molecule has 0 amide bonds. The van der Waals surface area contributed by atoms with Crippen molar-refractivity contribution >= 4 is 22.1 Å². The summed E-state index contributed by atoms with van der Waals surface area (Å²) in [5, 5.41) is 10.6. The van der Waals surface area contributed by atoms with Crippen molar-refractivity contribution in [2.24, 2.45) is 4.99 Å². The summed E-state index contributed by atoms with van der Waals surface area (Å²) in [6, 6.07) is 5.61. The molecule has 0 aliphatic carbocycles. The lowest BCUT2D eigenvalue weighted by Crippen LogP contribution is -2.22. The van der Waals surface area contributed by atoms with Gasteiger partial charge in [-0.05, 0) is 30.2 Å². The van der Waals surface area contributed by atoms with Crippen LogP contribution in [0, 0.1) is 10.1 Å². The van der Waals surface area contributed by atoms with E-state index in [9.17, 15) is 22.4 Å². The van der Waals surface area contributed by atoms with Gasteiger partial charge < -0.3 is 0 Å². The van der Waals surface area contributed by atoms with E-state index in [0.717, 1.165) is 0 Å². The van der Waals surface area contributed by atoms with E-state index < -0.39 is 26.4 Å². The summed E-state index contributed by atoms with van der Waals surface area (Å²) in [4.78, 5) is 14.3. The van der Waals surface area contributed by atoms with Crippen LogP contribution in [0.3, 0.4) is 0 Å². The highest BCUT2D eigenvalue weighted by atomic mass is 32.3. The Morgan fingerprint density at radius 3 is 2.40 bits per heavy atom. The summed E-state index contributed by atoms with van der Waals surface area (Å²) in [6.45, 7) is 0. The number of nitro groups is 1. The first kappa shape index (κ1) is 14.3. The van der Waals surface area contributed by atoms with Crippen LogP contribution < -0.4 is 0 Å². The average molecular weight is 298 g/mol. The summed E-state index contributed by atoms with van der Waals surface area (Å²) in [6.07, 6.45) is 4.72.